The predicted octanol–water partition coefficient (Wildman–Crippen LogP) is -0.0183. The first-order chi connectivity index (χ1) is 14.3. The summed E-state index contributed by atoms with van der Waals surface area (Å²) in [7, 11) is 1.26. The second-order valence-corrected chi connectivity index (χ2v) is 8.21. The first-order valence-electron chi connectivity index (χ1n) is 8.53. The zero-order chi connectivity index (χ0) is 21.9. The lowest BCUT2D eigenvalue weighted by Gasteiger charge is -2.55. The Bertz CT molecular complexity index is 911. The number of nitrogens with zero attached hydrogens (tertiary/aromatic N) is 2. The van der Waals surface area contributed by atoms with E-state index in [1.807, 2.05) is 0 Å². The number of ether oxygens (including phenoxy) is 2. The number of hydrogen-bond donors (Lipinski definition) is 3. The van der Waals surface area contributed by atoms with Crippen molar-refractivity contribution >= 4 is 47.4 Å². The molecule has 1 aromatic rings. The molecule has 0 bridgehead atoms. The van der Waals surface area contributed by atoms with E-state index in [-0.39, 0.29) is 29.4 Å². The van der Waals surface area contributed by atoms with Gasteiger partial charge in [-0.25, -0.2) is 14.6 Å². The van der Waals surface area contributed by atoms with Crippen LogP contribution < -0.4 is 11.1 Å². The number of fused-ring (bicyclic) bond motifs is 1. The lowest BCUT2D eigenvalue weighted by Crippen LogP contribution is -2.80. The number of thioether (sulfide) groups is 2. The first kappa shape index (κ1) is 21.9. The maximum atomic E-state index is 12.9. The number of nitrogens with two attached hydrogens (primary N) is 1. The number of carbonyl (C=O) groups is 4. The molecular formula is C17H18N4O7S2. The second-order valence-electron chi connectivity index (χ2n) is 6.15. The maximum absolute atomic E-state index is 12.9. The van der Waals surface area contributed by atoms with Gasteiger partial charge in [-0.05, 0) is 12.1 Å². The van der Waals surface area contributed by atoms with Crippen LogP contribution in [0.25, 0.3) is 0 Å². The number of carboxylic acid groups (broad SMARTS) is 1. The van der Waals surface area contributed by atoms with Crippen LogP contribution in [-0.4, -0.2) is 75.2 Å². The number of pyridine rings is 1. The summed E-state index contributed by atoms with van der Waals surface area (Å²) in [5, 5.41) is 12.0. The molecule has 160 valence electrons. The van der Waals surface area contributed by atoms with Crippen molar-refractivity contribution in [1.82, 2.24) is 15.2 Å². The summed E-state index contributed by atoms with van der Waals surface area (Å²) in [5.74, 6) is -2.42. The minimum atomic E-state index is -1.69. The molecule has 0 radical (unpaired) electrons. The van der Waals surface area contributed by atoms with E-state index in [0.717, 1.165) is 4.90 Å². The van der Waals surface area contributed by atoms with Crippen molar-refractivity contribution in [2.75, 3.05) is 25.2 Å². The summed E-state index contributed by atoms with van der Waals surface area (Å²) in [6.45, 7) is -0.354. The van der Waals surface area contributed by atoms with Crippen molar-refractivity contribution in [3.8, 4) is 0 Å². The third-order valence-electron chi connectivity index (χ3n) is 4.34. The van der Waals surface area contributed by atoms with E-state index in [2.05, 4.69) is 15.0 Å². The first-order valence-corrected chi connectivity index (χ1v) is 10.6. The Kier molecular flexibility index (Phi) is 6.53. The smallest absolute Gasteiger partial charge is 0.404 e. The Balaban J connectivity index is 1.74. The molecule has 4 N–H and O–H groups in total. The normalized spacial score (nSPS) is 22.8. The third kappa shape index (κ3) is 4.08. The number of aliphatic carboxylic acids is 1. The van der Waals surface area contributed by atoms with Crippen molar-refractivity contribution in [2.45, 2.75) is 16.1 Å². The molecule has 3 heterocycles. The minimum Gasteiger partial charge on any atom is -0.477 e. The van der Waals surface area contributed by atoms with E-state index < -0.39 is 35.0 Å². The number of β-lactam (4-membered cyclic amide) rings is 1. The molecule has 0 aromatic carbocycles. The van der Waals surface area contributed by atoms with Gasteiger partial charge < -0.3 is 25.6 Å². The standard InChI is InChI=1S/C17H18N4O7S2/c1-27-17(20-10(22)8-29-11-4-2-3-5-19-11)14(25)21-12(13(23)24)9(6-28-16(18)26)7-30-15(17)21/h2-5,15H,6-8H2,1H3,(H2,18,26)(H,20,22)(H,23,24)/t15-,17-/m0/s1. The summed E-state index contributed by atoms with van der Waals surface area (Å²) < 4.78 is 10.0. The van der Waals surface area contributed by atoms with Gasteiger partial charge in [0.25, 0.3) is 11.6 Å². The molecule has 2 aliphatic heterocycles. The molecule has 0 aliphatic carbocycles. The van der Waals surface area contributed by atoms with Crippen molar-refractivity contribution in [3.63, 3.8) is 0 Å². The molecule has 30 heavy (non-hydrogen) atoms. The average molecular weight is 454 g/mol. The van der Waals surface area contributed by atoms with Gasteiger partial charge in [0, 0.05) is 24.6 Å². The van der Waals surface area contributed by atoms with E-state index in [4.69, 9.17) is 10.5 Å². The highest BCUT2D eigenvalue weighted by Gasteiger charge is 2.66. The molecule has 0 unspecified atom stereocenters. The quantitative estimate of drug-likeness (QED) is 0.276. The molecule has 11 nitrogen and oxygen atoms in total. The summed E-state index contributed by atoms with van der Waals surface area (Å²) in [6.07, 6.45) is 0.542. The van der Waals surface area contributed by atoms with E-state index >= 15 is 0 Å². The predicted molar refractivity (Wildman–Crippen MR) is 106 cm³/mol. The van der Waals surface area contributed by atoms with E-state index in [0.29, 0.717) is 5.03 Å². The average Bonchev–Trinajstić information content (AvgIpc) is 2.74. The van der Waals surface area contributed by atoms with Crippen LogP contribution in [0.1, 0.15) is 0 Å². The molecule has 2 aliphatic rings. The lowest BCUT2D eigenvalue weighted by atomic mass is 9.98. The maximum Gasteiger partial charge on any atom is 0.404 e. The zero-order valence-electron chi connectivity index (χ0n) is 15.7. The monoisotopic (exact) mass is 454 g/mol. The van der Waals surface area contributed by atoms with Crippen LogP contribution >= 0.6 is 23.5 Å². The van der Waals surface area contributed by atoms with Crippen LogP contribution in [0.5, 0.6) is 0 Å². The van der Waals surface area contributed by atoms with E-state index in [1.54, 1.807) is 24.4 Å². The van der Waals surface area contributed by atoms with Crippen LogP contribution in [0.15, 0.2) is 40.7 Å². The van der Waals surface area contributed by atoms with Crippen molar-refractivity contribution in [3.05, 3.63) is 35.7 Å². The highest BCUT2D eigenvalue weighted by Crippen LogP contribution is 2.46. The fourth-order valence-corrected chi connectivity index (χ4v) is 5.11. The van der Waals surface area contributed by atoms with Gasteiger partial charge in [-0.1, -0.05) is 17.8 Å². The highest BCUT2D eigenvalue weighted by atomic mass is 32.2. The molecule has 0 saturated carbocycles. The molecule has 1 saturated heterocycles. The van der Waals surface area contributed by atoms with Gasteiger partial charge in [0.05, 0.1) is 10.8 Å². The van der Waals surface area contributed by atoms with Crippen molar-refractivity contribution in [1.29, 1.82) is 0 Å². The molecule has 3 amide bonds. The third-order valence-corrected chi connectivity index (χ3v) is 6.65. The van der Waals surface area contributed by atoms with Gasteiger partial charge in [0.2, 0.25) is 5.91 Å². The zero-order valence-corrected chi connectivity index (χ0v) is 17.3. The fourth-order valence-electron chi connectivity index (χ4n) is 3.03. The van der Waals surface area contributed by atoms with Gasteiger partial charge >= 0.3 is 12.1 Å². The molecule has 2 atom stereocenters. The number of nitrogens with one attached hydrogen (secondary N) is 1. The molecule has 0 spiro atoms. The Morgan fingerprint density at radius 3 is 2.83 bits per heavy atom. The van der Waals surface area contributed by atoms with E-state index in [9.17, 15) is 24.3 Å². The second kappa shape index (κ2) is 8.93. The van der Waals surface area contributed by atoms with Crippen molar-refractivity contribution < 1.29 is 33.8 Å². The van der Waals surface area contributed by atoms with Crippen molar-refractivity contribution in [2.24, 2.45) is 5.73 Å². The number of primary amides is 1. The SMILES string of the molecule is CO[C@@]1(NC(=O)CSc2ccccn2)C(=O)N2C(C(=O)O)=C(COC(N)=O)CS[C@H]21. The van der Waals surface area contributed by atoms with Crippen LogP contribution in [0.3, 0.4) is 0 Å². The Hall–Kier alpha value is -2.77. The number of rotatable bonds is 8. The summed E-state index contributed by atoms with van der Waals surface area (Å²) >= 11 is 2.36. The number of carbonyl (C=O) groups excluding carboxylic acids is 3. The van der Waals surface area contributed by atoms with Crippen LogP contribution in [0.2, 0.25) is 0 Å². The number of methoxy groups -OCH3 is 1. The topological polar surface area (TPSA) is 161 Å². The Morgan fingerprint density at radius 2 is 2.23 bits per heavy atom. The molecular weight excluding hydrogens is 436 g/mol. The van der Waals surface area contributed by atoms with Crippen LogP contribution in [0.4, 0.5) is 4.79 Å². The molecule has 3 rings (SSSR count). The largest absolute Gasteiger partial charge is 0.477 e. The number of aromatic nitrogens is 1. The lowest BCUT2D eigenvalue weighted by molar-refractivity contribution is -0.192. The fraction of sp³-hybridized carbons (Fsp3) is 0.353. The van der Waals surface area contributed by atoms with E-state index in [1.165, 1.54) is 30.6 Å². The van der Waals surface area contributed by atoms with Crippen LogP contribution in [-0.2, 0) is 23.9 Å². The van der Waals surface area contributed by atoms with Crippen LogP contribution in [0, 0.1) is 0 Å². The van der Waals surface area contributed by atoms with Gasteiger partial charge in [0.1, 0.15) is 17.7 Å². The number of hydrogen-bond acceptors (Lipinski definition) is 9. The van der Waals surface area contributed by atoms with Gasteiger partial charge in [-0.2, -0.15) is 0 Å². The van der Waals surface area contributed by atoms with Gasteiger partial charge in [0.15, 0.2) is 0 Å². The summed E-state index contributed by atoms with van der Waals surface area (Å²) in [5.41, 5.74) is 3.15. The summed E-state index contributed by atoms with van der Waals surface area (Å²) in [4.78, 5) is 53.0. The summed E-state index contributed by atoms with van der Waals surface area (Å²) in [6, 6.07) is 5.29. The highest BCUT2D eigenvalue weighted by molar-refractivity contribution is 8.00. The minimum absolute atomic E-state index is 0.00782. The molecule has 1 aromatic heterocycles. The Morgan fingerprint density at radius 1 is 1.47 bits per heavy atom. The van der Waals surface area contributed by atoms with Gasteiger partial charge in [-0.3, -0.25) is 14.5 Å². The number of amides is 3. The molecule has 13 heteroatoms. The van der Waals surface area contributed by atoms with Gasteiger partial charge in [-0.15, -0.1) is 11.8 Å². The molecule has 1 fully saturated rings. The Labute approximate surface area is 179 Å². The number of carboxylic acids is 1.